The van der Waals surface area contributed by atoms with E-state index in [1.54, 1.807) is 23.5 Å². The number of aryl methyl sites for hydroxylation is 1. The Morgan fingerprint density at radius 2 is 1.65 bits per heavy atom. The van der Waals surface area contributed by atoms with Crippen molar-refractivity contribution in [2.75, 3.05) is 63.8 Å². The van der Waals surface area contributed by atoms with Crippen molar-refractivity contribution in [2.45, 2.75) is 71.7 Å². The summed E-state index contributed by atoms with van der Waals surface area (Å²) in [7, 11) is 0. The highest BCUT2D eigenvalue weighted by Crippen LogP contribution is 2.29. The van der Waals surface area contributed by atoms with Crippen molar-refractivity contribution in [1.82, 2.24) is 30.3 Å². The molecular weight excluding hydrogens is 721 g/mol. The maximum Gasteiger partial charge on any atom is 0.269 e. The number of hydrogen-bond acceptors (Lipinski definition) is 11. The Bertz CT molecular complexity index is 1800. The zero-order chi connectivity index (χ0) is 39.3. The van der Waals surface area contributed by atoms with Crippen LogP contribution in [-0.2, 0) is 20.9 Å². The molecule has 0 saturated carbocycles. The van der Waals surface area contributed by atoms with Gasteiger partial charge in [-0.2, -0.15) is 0 Å². The Balaban J connectivity index is 0.954. The van der Waals surface area contributed by atoms with Crippen LogP contribution in [-0.4, -0.2) is 125 Å². The van der Waals surface area contributed by atoms with Crippen molar-refractivity contribution >= 4 is 40.4 Å². The first kappa shape index (κ1) is 40.2. The first-order chi connectivity index (χ1) is 26.2. The summed E-state index contributed by atoms with van der Waals surface area (Å²) in [6.07, 6.45) is 1.26. The summed E-state index contributed by atoms with van der Waals surface area (Å²) < 4.78 is 0. The third kappa shape index (κ3) is 10.3. The molecule has 0 aliphatic carbocycles. The van der Waals surface area contributed by atoms with Gasteiger partial charge in [-0.05, 0) is 67.4 Å². The van der Waals surface area contributed by atoms with Gasteiger partial charge in [-0.25, -0.2) is 4.98 Å². The number of thiazole rings is 1. The monoisotopic (exact) mass is 774 g/mol. The third-order valence-electron chi connectivity index (χ3n) is 11.1. The Kier molecular flexibility index (Phi) is 12.9. The summed E-state index contributed by atoms with van der Waals surface area (Å²) >= 11 is 1.58. The highest BCUT2D eigenvalue weighted by Gasteiger charge is 2.44. The van der Waals surface area contributed by atoms with Crippen LogP contribution in [0.15, 0.2) is 54.0 Å². The number of likely N-dealkylation sites (tertiary alicyclic amines) is 2. The van der Waals surface area contributed by atoms with Crippen LogP contribution in [0.5, 0.6) is 0 Å². The fourth-order valence-corrected chi connectivity index (χ4v) is 8.67. The van der Waals surface area contributed by atoms with Gasteiger partial charge in [-0.15, -0.1) is 11.3 Å². The number of piperazine rings is 1. The topological polar surface area (TPSA) is 164 Å². The molecule has 3 saturated heterocycles. The van der Waals surface area contributed by atoms with E-state index in [1.807, 2.05) is 69.6 Å². The number of aromatic nitrogens is 1. The molecule has 3 fully saturated rings. The predicted octanol–water partition coefficient (Wildman–Crippen LogP) is 3.67. The van der Waals surface area contributed by atoms with E-state index in [-0.39, 0.29) is 54.4 Å². The standard InChI is InChI=1S/C40H54N8O6S/c1-27-36(55-26-42-27)30-7-5-28(6-8-30)22-41-38(51)34-21-33(49)24-47(34)39(52)37(40(2,3)4)43-35(50)25-44-15-13-29(14-16-44)23-45-17-19-46(20-18-45)31-9-11-32(12-10-31)48(53)54/h5-12,26,29,33-34,37,49H,13-25H2,1-4H3,(H,41,51)(H,43,50)/t33-,34+,37-/m1/s1. The second kappa shape index (κ2) is 17.6. The fraction of sp³-hybridized carbons (Fsp3) is 0.550. The molecule has 0 bridgehead atoms. The molecule has 3 aromatic rings. The smallest absolute Gasteiger partial charge is 0.269 e. The predicted molar refractivity (Wildman–Crippen MR) is 213 cm³/mol. The summed E-state index contributed by atoms with van der Waals surface area (Å²) in [6.45, 7) is 14.4. The minimum absolute atomic E-state index is 0.0296. The van der Waals surface area contributed by atoms with E-state index in [0.717, 1.165) is 86.0 Å². The molecule has 296 valence electrons. The second-order valence-corrected chi connectivity index (χ2v) is 17.1. The van der Waals surface area contributed by atoms with Crippen LogP contribution in [0.3, 0.4) is 0 Å². The lowest BCUT2D eigenvalue weighted by Crippen LogP contribution is -2.59. The van der Waals surface area contributed by atoms with Crippen molar-refractivity contribution in [1.29, 1.82) is 0 Å². The van der Waals surface area contributed by atoms with Crippen LogP contribution in [0.4, 0.5) is 11.4 Å². The van der Waals surface area contributed by atoms with Gasteiger partial charge < -0.3 is 25.5 Å². The van der Waals surface area contributed by atoms with E-state index in [0.29, 0.717) is 5.92 Å². The van der Waals surface area contributed by atoms with E-state index < -0.39 is 23.6 Å². The van der Waals surface area contributed by atoms with Gasteiger partial charge in [0, 0.05) is 70.1 Å². The fourth-order valence-electron chi connectivity index (χ4n) is 7.86. The number of nitro groups is 1. The van der Waals surface area contributed by atoms with Crippen LogP contribution in [0.25, 0.3) is 10.4 Å². The Hall–Kier alpha value is -4.44. The minimum atomic E-state index is -0.870. The van der Waals surface area contributed by atoms with Gasteiger partial charge in [-0.1, -0.05) is 45.0 Å². The van der Waals surface area contributed by atoms with Crippen molar-refractivity contribution in [3.63, 3.8) is 0 Å². The van der Waals surface area contributed by atoms with E-state index in [4.69, 9.17) is 0 Å². The molecule has 2 aromatic carbocycles. The van der Waals surface area contributed by atoms with Crippen LogP contribution >= 0.6 is 11.3 Å². The molecule has 3 aliphatic rings. The van der Waals surface area contributed by atoms with E-state index >= 15 is 0 Å². The first-order valence-corrected chi connectivity index (χ1v) is 20.1. The SMILES string of the molecule is Cc1ncsc1-c1ccc(CNC(=O)[C@@H]2C[C@@H](O)CN2C(=O)[C@@H](NC(=O)CN2CCC(CN3CCN(c4ccc([N+](=O)[O-])cc4)CC3)CC2)C(C)(C)C)cc1. The van der Waals surface area contributed by atoms with Crippen molar-refractivity contribution in [3.05, 3.63) is 75.4 Å². The number of piperidine rings is 1. The zero-order valence-corrected chi connectivity index (χ0v) is 33.1. The molecule has 0 radical (unpaired) electrons. The van der Waals surface area contributed by atoms with Crippen molar-refractivity contribution < 1.29 is 24.4 Å². The number of amides is 3. The number of aliphatic hydroxyl groups excluding tert-OH is 1. The van der Waals surface area contributed by atoms with Gasteiger partial charge in [0.05, 0.1) is 33.7 Å². The van der Waals surface area contributed by atoms with E-state index in [2.05, 4.69) is 30.3 Å². The molecule has 6 rings (SSSR count). The molecule has 55 heavy (non-hydrogen) atoms. The molecule has 3 amide bonds. The molecule has 0 spiro atoms. The molecule has 14 nitrogen and oxygen atoms in total. The molecule has 4 heterocycles. The average Bonchev–Trinajstić information content (AvgIpc) is 3.78. The first-order valence-electron chi connectivity index (χ1n) is 19.2. The van der Waals surface area contributed by atoms with Crippen LogP contribution in [0, 0.1) is 28.4 Å². The van der Waals surface area contributed by atoms with Gasteiger partial charge in [0.25, 0.3) is 5.69 Å². The lowest BCUT2D eigenvalue weighted by atomic mass is 9.85. The van der Waals surface area contributed by atoms with Gasteiger partial charge in [-0.3, -0.25) is 34.3 Å². The summed E-state index contributed by atoms with van der Waals surface area (Å²) in [4.78, 5) is 65.3. The van der Waals surface area contributed by atoms with E-state index in [1.165, 1.54) is 4.90 Å². The number of nitrogens with one attached hydrogen (secondary N) is 2. The normalized spacial score (nSPS) is 20.7. The van der Waals surface area contributed by atoms with Crippen molar-refractivity contribution in [3.8, 4) is 10.4 Å². The molecule has 3 N–H and O–H groups in total. The molecule has 15 heteroatoms. The quantitative estimate of drug-likeness (QED) is 0.183. The number of carbonyl (C=O) groups is 3. The number of β-amino-alcohol motifs (C(OH)–C–C–N with tert-alkyl or cyclic N) is 1. The average molecular weight is 775 g/mol. The molecular formula is C40H54N8O6S. The van der Waals surface area contributed by atoms with Gasteiger partial charge >= 0.3 is 0 Å². The number of rotatable bonds is 12. The number of nitrogens with zero attached hydrogens (tertiary/aromatic N) is 6. The maximum absolute atomic E-state index is 14.1. The summed E-state index contributed by atoms with van der Waals surface area (Å²) in [5, 5.41) is 27.5. The Labute approximate surface area is 327 Å². The lowest BCUT2D eigenvalue weighted by Gasteiger charge is -2.39. The summed E-state index contributed by atoms with van der Waals surface area (Å²) in [5.41, 5.74) is 5.26. The largest absolute Gasteiger partial charge is 0.391 e. The highest BCUT2D eigenvalue weighted by atomic mass is 32.1. The van der Waals surface area contributed by atoms with Gasteiger partial charge in [0.1, 0.15) is 12.1 Å². The van der Waals surface area contributed by atoms with Crippen LogP contribution in [0.2, 0.25) is 0 Å². The Morgan fingerprint density at radius 1 is 0.982 bits per heavy atom. The van der Waals surface area contributed by atoms with Gasteiger partial charge in [0.15, 0.2) is 0 Å². The number of carbonyl (C=O) groups excluding carboxylic acids is 3. The molecule has 0 unspecified atom stereocenters. The zero-order valence-electron chi connectivity index (χ0n) is 32.3. The number of hydrogen-bond donors (Lipinski definition) is 3. The molecule has 3 atom stereocenters. The Morgan fingerprint density at radius 3 is 2.25 bits per heavy atom. The maximum atomic E-state index is 14.1. The second-order valence-electron chi connectivity index (χ2n) is 16.2. The number of nitro benzene ring substituents is 1. The van der Waals surface area contributed by atoms with Crippen molar-refractivity contribution in [2.24, 2.45) is 11.3 Å². The number of aliphatic hydroxyl groups is 1. The molecule has 1 aromatic heterocycles. The highest BCUT2D eigenvalue weighted by molar-refractivity contribution is 7.13. The minimum Gasteiger partial charge on any atom is -0.391 e. The van der Waals surface area contributed by atoms with Crippen LogP contribution in [0.1, 0.15) is 51.3 Å². The van der Waals surface area contributed by atoms with Gasteiger partial charge in [0.2, 0.25) is 17.7 Å². The number of benzene rings is 2. The lowest BCUT2D eigenvalue weighted by molar-refractivity contribution is -0.384. The summed E-state index contributed by atoms with van der Waals surface area (Å²) in [6, 6.07) is 13.0. The third-order valence-corrected chi connectivity index (χ3v) is 12.1. The number of anilines is 1. The van der Waals surface area contributed by atoms with E-state index in [9.17, 15) is 29.6 Å². The number of non-ortho nitro benzene ring substituents is 1. The molecule has 3 aliphatic heterocycles. The van der Waals surface area contributed by atoms with Crippen LogP contribution < -0.4 is 15.5 Å². The summed E-state index contributed by atoms with van der Waals surface area (Å²) in [5.74, 6) is -0.396.